The van der Waals surface area contributed by atoms with Crippen LogP contribution in [0.5, 0.6) is 0 Å². The molecule has 94 valence electrons. The quantitative estimate of drug-likeness (QED) is 0.761. The van der Waals surface area contributed by atoms with E-state index in [4.69, 9.17) is 0 Å². The van der Waals surface area contributed by atoms with Crippen LogP contribution in [-0.2, 0) is 6.42 Å². The second-order valence-corrected chi connectivity index (χ2v) is 5.75. The molecule has 2 aromatic rings. The average Bonchev–Trinajstić information content (AvgIpc) is 2.78. The maximum absolute atomic E-state index is 11.9. The lowest BCUT2D eigenvalue weighted by atomic mass is 10.1. The molecule has 1 heterocycles. The van der Waals surface area contributed by atoms with Gasteiger partial charge in [0.25, 0.3) is 0 Å². The molecule has 1 aromatic carbocycles. The van der Waals surface area contributed by atoms with Crippen molar-refractivity contribution in [3.05, 3.63) is 52.0 Å². The fraction of sp³-hybridized carbons (Fsp3) is 0.333. The predicted octanol–water partition coefficient (Wildman–Crippen LogP) is 3.96. The number of thiazole rings is 1. The van der Waals surface area contributed by atoms with E-state index in [9.17, 15) is 4.79 Å². The van der Waals surface area contributed by atoms with Crippen molar-refractivity contribution in [1.29, 1.82) is 0 Å². The SMILES string of the molecule is CC(C)CC(=O)c1csc(Cc2ccccc2)n1. The summed E-state index contributed by atoms with van der Waals surface area (Å²) in [5.74, 6) is 0.539. The maximum Gasteiger partial charge on any atom is 0.182 e. The van der Waals surface area contributed by atoms with Crippen LogP contribution < -0.4 is 0 Å². The third-order valence-electron chi connectivity index (χ3n) is 2.63. The smallest absolute Gasteiger partial charge is 0.182 e. The molecule has 2 rings (SSSR count). The Morgan fingerprint density at radius 1 is 1.28 bits per heavy atom. The second kappa shape index (κ2) is 5.91. The molecule has 0 amide bonds. The number of hydrogen-bond acceptors (Lipinski definition) is 3. The summed E-state index contributed by atoms with van der Waals surface area (Å²) >= 11 is 1.57. The van der Waals surface area contributed by atoms with Crippen LogP contribution in [-0.4, -0.2) is 10.8 Å². The van der Waals surface area contributed by atoms with Crippen molar-refractivity contribution < 1.29 is 4.79 Å². The lowest BCUT2D eigenvalue weighted by molar-refractivity contribution is 0.0963. The Labute approximate surface area is 112 Å². The molecular weight excluding hydrogens is 242 g/mol. The molecule has 0 radical (unpaired) electrons. The van der Waals surface area contributed by atoms with Crippen molar-refractivity contribution in [1.82, 2.24) is 4.98 Å². The minimum atomic E-state index is 0.153. The molecule has 0 aliphatic rings. The summed E-state index contributed by atoms with van der Waals surface area (Å²) in [6.07, 6.45) is 1.38. The Balaban J connectivity index is 2.04. The zero-order chi connectivity index (χ0) is 13.0. The molecular formula is C15H17NOS. The third-order valence-corrected chi connectivity index (χ3v) is 3.48. The normalized spacial score (nSPS) is 10.8. The van der Waals surface area contributed by atoms with Gasteiger partial charge in [-0.3, -0.25) is 4.79 Å². The van der Waals surface area contributed by atoms with E-state index >= 15 is 0 Å². The van der Waals surface area contributed by atoms with Gasteiger partial charge in [0.2, 0.25) is 0 Å². The van der Waals surface area contributed by atoms with Gasteiger partial charge in [-0.05, 0) is 11.5 Å². The van der Waals surface area contributed by atoms with E-state index in [0.717, 1.165) is 11.4 Å². The summed E-state index contributed by atoms with van der Waals surface area (Å²) in [7, 11) is 0. The molecule has 0 atom stereocenters. The summed E-state index contributed by atoms with van der Waals surface area (Å²) in [4.78, 5) is 16.3. The number of carbonyl (C=O) groups is 1. The fourth-order valence-electron chi connectivity index (χ4n) is 1.77. The highest BCUT2D eigenvalue weighted by molar-refractivity contribution is 7.09. The Morgan fingerprint density at radius 3 is 2.67 bits per heavy atom. The van der Waals surface area contributed by atoms with Gasteiger partial charge in [0.05, 0.1) is 5.01 Å². The number of hydrogen-bond donors (Lipinski definition) is 0. The lowest BCUT2D eigenvalue weighted by Gasteiger charge is -2.00. The monoisotopic (exact) mass is 259 g/mol. The highest BCUT2D eigenvalue weighted by atomic mass is 32.1. The molecule has 0 bridgehead atoms. The summed E-state index contributed by atoms with van der Waals surface area (Å²) in [6.45, 7) is 4.10. The van der Waals surface area contributed by atoms with Crippen molar-refractivity contribution in [2.45, 2.75) is 26.7 Å². The van der Waals surface area contributed by atoms with Crippen LogP contribution in [0.2, 0.25) is 0 Å². The molecule has 3 heteroatoms. The summed E-state index contributed by atoms with van der Waals surface area (Å²) in [6, 6.07) is 10.2. The molecule has 0 saturated carbocycles. The first-order chi connectivity index (χ1) is 8.65. The first-order valence-electron chi connectivity index (χ1n) is 6.16. The van der Waals surface area contributed by atoms with E-state index in [1.165, 1.54) is 5.56 Å². The fourth-order valence-corrected chi connectivity index (χ4v) is 2.60. The van der Waals surface area contributed by atoms with Crippen molar-refractivity contribution in [2.24, 2.45) is 5.92 Å². The van der Waals surface area contributed by atoms with Crippen LogP contribution >= 0.6 is 11.3 Å². The molecule has 0 N–H and O–H groups in total. The highest BCUT2D eigenvalue weighted by Gasteiger charge is 2.12. The molecule has 1 aromatic heterocycles. The van der Waals surface area contributed by atoms with Gasteiger partial charge in [0.15, 0.2) is 5.78 Å². The van der Waals surface area contributed by atoms with Crippen molar-refractivity contribution in [3.8, 4) is 0 Å². The Morgan fingerprint density at radius 2 is 2.00 bits per heavy atom. The van der Waals surface area contributed by atoms with E-state index in [2.05, 4.69) is 31.0 Å². The molecule has 0 fully saturated rings. The number of Topliss-reactive ketones (excluding diaryl/α,β-unsaturated/α-hetero) is 1. The molecule has 0 aliphatic heterocycles. The Bertz CT molecular complexity index is 516. The number of rotatable bonds is 5. The van der Waals surface area contributed by atoms with Crippen molar-refractivity contribution in [3.63, 3.8) is 0 Å². The summed E-state index contributed by atoms with van der Waals surface area (Å²) in [5.41, 5.74) is 1.86. The van der Waals surface area contributed by atoms with Gasteiger partial charge in [-0.2, -0.15) is 0 Å². The maximum atomic E-state index is 11.9. The van der Waals surface area contributed by atoms with Crippen molar-refractivity contribution in [2.75, 3.05) is 0 Å². The van der Waals surface area contributed by atoms with Crippen LogP contribution in [0, 0.1) is 5.92 Å². The van der Waals surface area contributed by atoms with Crippen molar-refractivity contribution >= 4 is 17.1 Å². The lowest BCUT2D eigenvalue weighted by Crippen LogP contribution is -2.04. The van der Waals surface area contributed by atoms with Gasteiger partial charge >= 0.3 is 0 Å². The van der Waals surface area contributed by atoms with E-state index in [-0.39, 0.29) is 5.78 Å². The van der Waals surface area contributed by atoms with E-state index in [0.29, 0.717) is 18.0 Å². The Kier molecular flexibility index (Phi) is 4.26. The van der Waals surface area contributed by atoms with Gasteiger partial charge < -0.3 is 0 Å². The molecule has 2 nitrogen and oxygen atoms in total. The standard InChI is InChI=1S/C15H17NOS/c1-11(2)8-14(17)13-10-18-15(16-13)9-12-6-4-3-5-7-12/h3-7,10-11H,8-9H2,1-2H3. The predicted molar refractivity (Wildman–Crippen MR) is 75.1 cm³/mol. The molecule has 0 unspecified atom stereocenters. The summed E-state index contributed by atoms with van der Waals surface area (Å²) < 4.78 is 0. The van der Waals surface area contributed by atoms with Gasteiger partial charge in [0, 0.05) is 18.2 Å². The zero-order valence-electron chi connectivity index (χ0n) is 10.7. The molecule has 0 spiro atoms. The van der Waals surface area contributed by atoms with Gasteiger partial charge in [-0.1, -0.05) is 44.2 Å². The highest BCUT2D eigenvalue weighted by Crippen LogP contribution is 2.17. The van der Waals surface area contributed by atoms with Crippen LogP contribution in [0.25, 0.3) is 0 Å². The van der Waals surface area contributed by atoms with Gasteiger partial charge in [-0.15, -0.1) is 11.3 Å². The zero-order valence-corrected chi connectivity index (χ0v) is 11.5. The van der Waals surface area contributed by atoms with Crippen LogP contribution in [0.4, 0.5) is 0 Å². The minimum Gasteiger partial charge on any atom is -0.292 e. The van der Waals surface area contributed by atoms with Crippen LogP contribution in [0.1, 0.15) is 41.3 Å². The van der Waals surface area contributed by atoms with Gasteiger partial charge in [0.1, 0.15) is 5.69 Å². The largest absolute Gasteiger partial charge is 0.292 e. The van der Waals surface area contributed by atoms with E-state index in [1.54, 1.807) is 11.3 Å². The first kappa shape index (κ1) is 13.0. The number of nitrogens with zero attached hydrogens (tertiary/aromatic N) is 1. The first-order valence-corrected chi connectivity index (χ1v) is 7.04. The second-order valence-electron chi connectivity index (χ2n) is 4.81. The summed E-state index contributed by atoms with van der Waals surface area (Å²) in [5, 5.41) is 2.89. The number of aromatic nitrogens is 1. The number of benzene rings is 1. The average molecular weight is 259 g/mol. The van der Waals surface area contributed by atoms with Crippen LogP contribution in [0.3, 0.4) is 0 Å². The van der Waals surface area contributed by atoms with Gasteiger partial charge in [-0.25, -0.2) is 4.98 Å². The molecule has 0 aliphatic carbocycles. The molecule has 18 heavy (non-hydrogen) atoms. The third kappa shape index (κ3) is 3.50. The van der Waals surface area contributed by atoms with E-state index < -0.39 is 0 Å². The minimum absolute atomic E-state index is 0.153. The number of carbonyl (C=O) groups excluding carboxylic acids is 1. The topological polar surface area (TPSA) is 30.0 Å². The number of ketones is 1. The van der Waals surface area contributed by atoms with Crippen LogP contribution in [0.15, 0.2) is 35.7 Å². The van der Waals surface area contributed by atoms with E-state index in [1.807, 2.05) is 23.6 Å². The molecule has 0 saturated heterocycles. The Hall–Kier alpha value is -1.48.